The number of nitrogens with zero attached hydrogens (tertiary/aromatic N) is 2. The lowest BCUT2D eigenvalue weighted by Crippen LogP contribution is -2.26. The predicted octanol–water partition coefficient (Wildman–Crippen LogP) is 2.81. The standard InChI is InChI=1S/C21H22N4O3/c1-15(26)23-20-14-19(24-25(20)17-6-4-3-5-7-17)21(27)22-13-12-16-8-10-18(28-2)11-9-16/h3-11,14H,12-13H2,1-2H3,(H,22,27)(H,23,26). The maximum Gasteiger partial charge on any atom is 0.271 e. The van der Waals surface area contributed by atoms with Gasteiger partial charge in [0.2, 0.25) is 5.91 Å². The molecule has 0 fully saturated rings. The van der Waals surface area contributed by atoms with Crippen molar-refractivity contribution in [2.24, 2.45) is 0 Å². The number of hydrogen-bond donors (Lipinski definition) is 2. The van der Waals surface area contributed by atoms with Crippen molar-refractivity contribution in [3.63, 3.8) is 0 Å². The van der Waals surface area contributed by atoms with Crippen LogP contribution in [0.3, 0.4) is 0 Å². The van der Waals surface area contributed by atoms with Crippen LogP contribution < -0.4 is 15.4 Å². The first kappa shape index (κ1) is 19.2. The highest BCUT2D eigenvalue weighted by molar-refractivity contribution is 5.95. The second-order valence-corrected chi connectivity index (χ2v) is 6.20. The average Bonchev–Trinajstić information content (AvgIpc) is 3.12. The molecule has 1 aromatic heterocycles. The van der Waals surface area contributed by atoms with Gasteiger partial charge >= 0.3 is 0 Å². The SMILES string of the molecule is COc1ccc(CCNC(=O)c2cc(NC(C)=O)n(-c3ccccc3)n2)cc1. The molecular formula is C21H22N4O3. The zero-order valence-electron chi connectivity index (χ0n) is 15.8. The summed E-state index contributed by atoms with van der Waals surface area (Å²) in [5.41, 5.74) is 2.08. The summed E-state index contributed by atoms with van der Waals surface area (Å²) in [7, 11) is 1.62. The molecule has 0 saturated carbocycles. The number of amides is 2. The fourth-order valence-corrected chi connectivity index (χ4v) is 2.73. The zero-order valence-corrected chi connectivity index (χ0v) is 15.8. The quantitative estimate of drug-likeness (QED) is 0.662. The van der Waals surface area contributed by atoms with Gasteiger partial charge in [-0.1, -0.05) is 30.3 Å². The predicted molar refractivity (Wildman–Crippen MR) is 107 cm³/mol. The van der Waals surface area contributed by atoms with Gasteiger partial charge in [0.1, 0.15) is 11.6 Å². The third kappa shape index (κ3) is 4.76. The van der Waals surface area contributed by atoms with Crippen LogP contribution in [0, 0.1) is 0 Å². The molecule has 28 heavy (non-hydrogen) atoms. The molecule has 1 heterocycles. The van der Waals surface area contributed by atoms with Crippen molar-refractivity contribution >= 4 is 17.6 Å². The van der Waals surface area contributed by atoms with Gasteiger partial charge in [-0.2, -0.15) is 5.10 Å². The number of anilines is 1. The Balaban J connectivity index is 1.68. The number of carbonyl (C=O) groups excluding carboxylic acids is 2. The second-order valence-electron chi connectivity index (χ2n) is 6.20. The van der Waals surface area contributed by atoms with Gasteiger partial charge in [0.25, 0.3) is 5.91 Å². The van der Waals surface area contributed by atoms with Gasteiger partial charge < -0.3 is 15.4 Å². The van der Waals surface area contributed by atoms with E-state index in [1.165, 1.54) is 6.92 Å². The summed E-state index contributed by atoms with van der Waals surface area (Å²) in [6.45, 7) is 1.88. The van der Waals surface area contributed by atoms with Crippen molar-refractivity contribution in [3.05, 3.63) is 71.9 Å². The van der Waals surface area contributed by atoms with E-state index in [9.17, 15) is 9.59 Å². The van der Waals surface area contributed by atoms with Gasteiger partial charge in [0.05, 0.1) is 12.8 Å². The number of ether oxygens (including phenoxy) is 1. The first-order valence-corrected chi connectivity index (χ1v) is 8.91. The minimum atomic E-state index is -0.296. The first-order valence-electron chi connectivity index (χ1n) is 8.91. The van der Waals surface area contributed by atoms with Crippen LogP contribution in [0.4, 0.5) is 5.82 Å². The highest BCUT2D eigenvalue weighted by Gasteiger charge is 2.16. The fraction of sp³-hybridized carbons (Fsp3) is 0.190. The van der Waals surface area contributed by atoms with Gasteiger partial charge in [-0.05, 0) is 36.2 Å². The van der Waals surface area contributed by atoms with E-state index in [-0.39, 0.29) is 17.5 Å². The maximum atomic E-state index is 12.5. The maximum absolute atomic E-state index is 12.5. The summed E-state index contributed by atoms with van der Waals surface area (Å²) in [6.07, 6.45) is 0.688. The van der Waals surface area contributed by atoms with Crippen molar-refractivity contribution < 1.29 is 14.3 Å². The molecule has 0 atom stereocenters. The van der Waals surface area contributed by atoms with Gasteiger partial charge in [0.15, 0.2) is 5.69 Å². The Kier molecular flexibility index (Phi) is 6.06. The number of rotatable bonds is 7. The minimum absolute atomic E-state index is 0.233. The molecule has 0 aliphatic carbocycles. The number of carbonyl (C=O) groups is 2. The molecular weight excluding hydrogens is 356 g/mol. The smallest absolute Gasteiger partial charge is 0.271 e. The summed E-state index contributed by atoms with van der Waals surface area (Å²) >= 11 is 0. The minimum Gasteiger partial charge on any atom is -0.497 e. The molecule has 0 spiro atoms. The zero-order chi connectivity index (χ0) is 19.9. The highest BCUT2D eigenvalue weighted by Crippen LogP contribution is 2.17. The molecule has 3 rings (SSSR count). The summed E-state index contributed by atoms with van der Waals surface area (Å²) in [5, 5.41) is 9.93. The van der Waals surface area contributed by atoms with Gasteiger partial charge in [-0.3, -0.25) is 9.59 Å². The Labute approximate surface area is 163 Å². The summed E-state index contributed by atoms with van der Waals surface area (Å²) in [5.74, 6) is 0.710. The molecule has 0 saturated heterocycles. The Morgan fingerprint density at radius 1 is 1.07 bits per heavy atom. The first-order chi connectivity index (χ1) is 13.6. The lowest BCUT2D eigenvalue weighted by atomic mass is 10.1. The topological polar surface area (TPSA) is 85.3 Å². The lowest BCUT2D eigenvalue weighted by Gasteiger charge is -2.06. The van der Waals surface area contributed by atoms with E-state index in [4.69, 9.17) is 4.74 Å². The third-order valence-electron chi connectivity index (χ3n) is 4.11. The molecule has 2 N–H and O–H groups in total. The van der Waals surface area contributed by atoms with E-state index in [2.05, 4.69) is 15.7 Å². The van der Waals surface area contributed by atoms with Crippen molar-refractivity contribution in [2.45, 2.75) is 13.3 Å². The van der Waals surface area contributed by atoms with E-state index in [1.807, 2.05) is 54.6 Å². The molecule has 2 aromatic carbocycles. The van der Waals surface area contributed by atoms with Gasteiger partial charge in [-0.25, -0.2) is 4.68 Å². The Hall–Kier alpha value is -3.61. The van der Waals surface area contributed by atoms with E-state index >= 15 is 0 Å². The second kappa shape index (κ2) is 8.85. The number of hydrogen-bond acceptors (Lipinski definition) is 4. The van der Waals surface area contributed by atoms with Crippen LogP contribution in [0.5, 0.6) is 5.75 Å². The molecule has 144 valence electrons. The Morgan fingerprint density at radius 3 is 2.43 bits per heavy atom. The number of methoxy groups -OCH3 is 1. The lowest BCUT2D eigenvalue weighted by molar-refractivity contribution is -0.114. The molecule has 2 amide bonds. The summed E-state index contributed by atoms with van der Waals surface area (Å²) < 4.78 is 6.68. The molecule has 0 aliphatic heterocycles. The van der Waals surface area contributed by atoms with Crippen LogP contribution in [0.25, 0.3) is 5.69 Å². The average molecular weight is 378 g/mol. The normalized spacial score (nSPS) is 10.4. The monoisotopic (exact) mass is 378 g/mol. The van der Waals surface area contributed by atoms with Crippen LogP contribution in [-0.4, -0.2) is 35.2 Å². The number of benzene rings is 2. The van der Waals surface area contributed by atoms with Crippen LogP contribution in [0.2, 0.25) is 0 Å². The molecule has 0 aliphatic rings. The van der Waals surface area contributed by atoms with Crippen molar-refractivity contribution in [2.75, 3.05) is 19.0 Å². The molecule has 0 bridgehead atoms. The summed E-state index contributed by atoms with van der Waals surface area (Å²) in [6, 6.07) is 18.6. The molecule has 0 radical (unpaired) electrons. The molecule has 7 nitrogen and oxygen atoms in total. The Morgan fingerprint density at radius 2 is 1.79 bits per heavy atom. The van der Waals surface area contributed by atoms with Crippen molar-refractivity contribution in [1.82, 2.24) is 15.1 Å². The van der Waals surface area contributed by atoms with Gasteiger partial charge in [0, 0.05) is 19.5 Å². The van der Waals surface area contributed by atoms with Crippen LogP contribution >= 0.6 is 0 Å². The van der Waals surface area contributed by atoms with E-state index in [0.717, 1.165) is 17.0 Å². The number of para-hydroxylation sites is 1. The van der Waals surface area contributed by atoms with E-state index < -0.39 is 0 Å². The van der Waals surface area contributed by atoms with Crippen LogP contribution in [-0.2, 0) is 11.2 Å². The summed E-state index contributed by atoms with van der Waals surface area (Å²) in [4.78, 5) is 24.0. The Bertz CT molecular complexity index is 950. The third-order valence-corrected chi connectivity index (χ3v) is 4.11. The molecule has 7 heteroatoms. The largest absolute Gasteiger partial charge is 0.497 e. The molecule has 3 aromatic rings. The number of aromatic nitrogens is 2. The van der Waals surface area contributed by atoms with Crippen molar-refractivity contribution in [1.29, 1.82) is 0 Å². The van der Waals surface area contributed by atoms with Crippen LogP contribution in [0.1, 0.15) is 23.0 Å². The van der Waals surface area contributed by atoms with Crippen LogP contribution in [0.15, 0.2) is 60.7 Å². The van der Waals surface area contributed by atoms with E-state index in [1.54, 1.807) is 17.9 Å². The number of nitrogens with one attached hydrogen (secondary N) is 2. The van der Waals surface area contributed by atoms with E-state index in [0.29, 0.717) is 18.8 Å². The highest BCUT2D eigenvalue weighted by atomic mass is 16.5. The molecule has 0 unspecified atom stereocenters. The van der Waals surface area contributed by atoms with Gasteiger partial charge in [-0.15, -0.1) is 0 Å². The fourth-order valence-electron chi connectivity index (χ4n) is 2.73. The van der Waals surface area contributed by atoms with Crippen molar-refractivity contribution in [3.8, 4) is 11.4 Å².